The van der Waals surface area contributed by atoms with Crippen LogP contribution in [0.4, 0.5) is 5.95 Å². The number of rotatable bonds is 3. The van der Waals surface area contributed by atoms with Crippen molar-refractivity contribution in [2.75, 3.05) is 37.7 Å². The molecule has 1 unspecified atom stereocenters. The maximum absolute atomic E-state index is 12.1. The predicted octanol–water partition coefficient (Wildman–Crippen LogP) is -0.450. The fraction of sp³-hybridized carbons (Fsp3) is 0.643. The molecule has 0 aromatic carbocycles. The van der Waals surface area contributed by atoms with Crippen molar-refractivity contribution in [3.63, 3.8) is 0 Å². The smallest absolute Gasteiger partial charge is 0.250 e. The molecule has 2 saturated heterocycles. The lowest BCUT2D eigenvalue weighted by Crippen LogP contribution is -2.52. The first-order valence-electron chi connectivity index (χ1n) is 7.47. The summed E-state index contributed by atoms with van der Waals surface area (Å²) < 4.78 is 5.47. The van der Waals surface area contributed by atoms with Crippen LogP contribution in [-0.4, -0.2) is 60.8 Å². The van der Waals surface area contributed by atoms with Crippen molar-refractivity contribution >= 4 is 11.9 Å². The van der Waals surface area contributed by atoms with Crippen molar-refractivity contribution in [3.05, 3.63) is 18.5 Å². The standard InChI is InChI=1S/C14H21N5O2/c20-13(12-10-15-6-9-21-12)18-11-2-7-19(8-3-11)14-16-4-1-5-17-14/h1,4-5,11-12,15H,2-3,6-10H2,(H,18,20). The maximum atomic E-state index is 12.1. The van der Waals surface area contributed by atoms with Crippen molar-refractivity contribution in [3.8, 4) is 0 Å². The van der Waals surface area contributed by atoms with Gasteiger partial charge in [0.2, 0.25) is 5.95 Å². The molecule has 7 nitrogen and oxygen atoms in total. The number of anilines is 1. The van der Waals surface area contributed by atoms with Crippen LogP contribution in [0.3, 0.4) is 0 Å². The van der Waals surface area contributed by atoms with Gasteiger partial charge in [-0.15, -0.1) is 0 Å². The molecular formula is C14H21N5O2. The van der Waals surface area contributed by atoms with E-state index in [1.165, 1.54) is 0 Å². The molecule has 2 aliphatic heterocycles. The third-order valence-corrected chi connectivity index (χ3v) is 3.90. The lowest BCUT2D eigenvalue weighted by atomic mass is 10.0. The van der Waals surface area contributed by atoms with Gasteiger partial charge in [0.25, 0.3) is 5.91 Å². The Labute approximate surface area is 124 Å². The third kappa shape index (κ3) is 3.68. The number of nitrogens with one attached hydrogen (secondary N) is 2. The van der Waals surface area contributed by atoms with Crippen molar-refractivity contribution in [1.82, 2.24) is 20.6 Å². The second kappa shape index (κ2) is 6.82. The molecule has 1 aromatic rings. The molecule has 0 spiro atoms. The van der Waals surface area contributed by atoms with Crippen LogP contribution in [0.2, 0.25) is 0 Å². The zero-order valence-corrected chi connectivity index (χ0v) is 12.0. The van der Waals surface area contributed by atoms with E-state index in [4.69, 9.17) is 4.74 Å². The Morgan fingerprint density at radius 1 is 1.33 bits per heavy atom. The van der Waals surface area contributed by atoms with E-state index in [1.807, 2.05) is 6.07 Å². The average molecular weight is 291 g/mol. The van der Waals surface area contributed by atoms with E-state index in [-0.39, 0.29) is 18.1 Å². The zero-order chi connectivity index (χ0) is 14.5. The van der Waals surface area contributed by atoms with Gasteiger partial charge in [-0.05, 0) is 18.9 Å². The summed E-state index contributed by atoms with van der Waals surface area (Å²) in [5, 5.41) is 6.26. The molecule has 0 bridgehead atoms. The Morgan fingerprint density at radius 2 is 2.10 bits per heavy atom. The number of amides is 1. The van der Waals surface area contributed by atoms with Gasteiger partial charge in [-0.1, -0.05) is 0 Å². The van der Waals surface area contributed by atoms with Gasteiger partial charge in [-0.3, -0.25) is 4.79 Å². The highest BCUT2D eigenvalue weighted by molar-refractivity contribution is 5.81. The van der Waals surface area contributed by atoms with E-state index in [1.54, 1.807) is 12.4 Å². The number of piperidine rings is 1. The van der Waals surface area contributed by atoms with Crippen LogP contribution in [0.1, 0.15) is 12.8 Å². The molecule has 0 aliphatic carbocycles. The monoisotopic (exact) mass is 291 g/mol. The SMILES string of the molecule is O=C(NC1CCN(c2ncccn2)CC1)C1CNCCO1. The largest absolute Gasteiger partial charge is 0.366 e. The molecule has 0 radical (unpaired) electrons. The molecule has 2 aliphatic rings. The molecule has 21 heavy (non-hydrogen) atoms. The second-order valence-electron chi connectivity index (χ2n) is 5.38. The molecule has 2 N–H and O–H groups in total. The lowest BCUT2D eigenvalue weighted by molar-refractivity contribution is -0.135. The van der Waals surface area contributed by atoms with E-state index >= 15 is 0 Å². The number of ether oxygens (including phenoxy) is 1. The van der Waals surface area contributed by atoms with Crippen LogP contribution in [0.5, 0.6) is 0 Å². The minimum absolute atomic E-state index is 0.00314. The van der Waals surface area contributed by atoms with E-state index in [9.17, 15) is 4.79 Å². The summed E-state index contributed by atoms with van der Waals surface area (Å²) in [6.45, 7) is 3.74. The van der Waals surface area contributed by atoms with Crippen LogP contribution in [0.15, 0.2) is 18.5 Å². The number of aromatic nitrogens is 2. The molecule has 1 amide bonds. The Kier molecular flexibility index (Phi) is 4.62. The van der Waals surface area contributed by atoms with Gasteiger partial charge < -0.3 is 20.3 Å². The van der Waals surface area contributed by atoms with Gasteiger partial charge >= 0.3 is 0 Å². The summed E-state index contributed by atoms with van der Waals surface area (Å²) in [4.78, 5) is 22.8. The van der Waals surface area contributed by atoms with Gasteiger partial charge in [-0.2, -0.15) is 0 Å². The molecule has 3 heterocycles. The minimum Gasteiger partial charge on any atom is -0.366 e. The molecule has 1 aromatic heterocycles. The fourth-order valence-corrected chi connectivity index (χ4v) is 2.71. The highest BCUT2D eigenvalue weighted by atomic mass is 16.5. The van der Waals surface area contributed by atoms with Gasteiger partial charge in [-0.25, -0.2) is 9.97 Å². The molecule has 1 atom stereocenters. The van der Waals surface area contributed by atoms with E-state index in [0.717, 1.165) is 38.4 Å². The number of hydrogen-bond donors (Lipinski definition) is 2. The Hall–Kier alpha value is -1.73. The lowest BCUT2D eigenvalue weighted by Gasteiger charge is -2.33. The first-order valence-corrected chi connectivity index (χ1v) is 7.47. The van der Waals surface area contributed by atoms with Gasteiger partial charge in [0.15, 0.2) is 0 Å². The first kappa shape index (κ1) is 14.2. The average Bonchev–Trinajstić information content (AvgIpc) is 2.57. The number of morpholine rings is 1. The Morgan fingerprint density at radius 3 is 2.76 bits per heavy atom. The van der Waals surface area contributed by atoms with Crippen LogP contribution < -0.4 is 15.5 Å². The van der Waals surface area contributed by atoms with Crippen molar-refractivity contribution in [1.29, 1.82) is 0 Å². The molecular weight excluding hydrogens is 270 g/mol. The zero-order valence-electron chi connectivity index (χ0n) is 12.0. The van der Waals surface area contributed by atoms with Crippen molar-refractivity contribution < 1.29 is 9.53 Å². The summed E-state index contributed by atoms with van der Waals surface area (Å²) in [5.74, 6) is 0.763. The van der Waals surface area contributed by atoms with E-state index < -0.39 is 0 Å². The van der Waals surface area contributed by atoms with Crippen LogP contribution in [0.25, 0.3) is 0 Å². The minimum atomic E-state index is -0.353. The summed E-state index contributed by atoms with van der Waals surface area (Å²) in [5.41, 5.74) is 0. The first-order chi connectivity index (χ1) is 10.3. The Balaban J connectivity index is 1.46. The normalized spacial score (nSPS) is 23.8. The molecule has 2 fully saturated rings. The summed E-state index contributed by atoms with van der Waals surface area (Å²) >= 11 is 0. The van der Waals surface area contributed by atoms with Gasteiger partial charge in [0.1, 0.15) is 6.10 Å². The molecule has 7 heteroatoms. The quantitative estimate of drug-likeness (QED) is 0.785. The third-order valence-electron chi connectivity index (χ3n) is 3.90. The van der Waals surface area contributed by atoms with E-state index in [0.29, 0.717) is 13.2 Å². The molecule has 3 rings (SSSR count). The molecule has 114 valence electrons. The number of hydrogen-bond acceptors (Lipinski definition) is 6. The number of carbonyl (C=O) groups excluding carboxylic acids is 1. The number of nitrogens with zero attached hydrogens (tertiary/aromatic N) is 3. The van der Waals surface area contributed by atoms with Crippen LogP contribution in [0, 0.1) is 0 Å². The predicted molar refractivity (Wildman–Crippen MR) is 78.0 cm³/mol. The second-order valence-corrected chi connectivity index (χ2v) is 5.38. The van der Waals surface area contributed by atoms with Crippen molar-refractivity contribution in [2.45, 2.75) is 25.0 Å². The number of carbonyl (C=O) groups is 1. The summed E-state index contributed by atoms with van der Waals surface area (Å²) in [6, 6.07) is 2.03. The highest BCUT2D eigenvalue weighted by Gasteiger charge is 2.26. The van der Waals surface area contributed by atoms with Gasteiger partial charge in [0.05, 0.1) is 6.61 Å². The van der Waals surface area contributed by atoms with Gasteiger partial charge in [0, 0.05) is 44.6 Å². The highest BCUT2D eigenvalue weighted by Crippen LogP contribution is 2.15. The Bertz CT molecular complexity index is 456. The van der Waals surface area contributed by atoms with Crippen molar-refractivity contribution in [2.24, 2.45) is 0 Å². The molecule has 0 saturated carbocycles. The maximum Gasteiger partial charge on any atom is 0.250 e. The fourth-order valence-electron chi connectivity index (χ4n) is 2.71. The topological polar surface area (TPSA) is 79.4 Å². The van der Waals surface area contributed by atoms with Crippen LogP contribution in [-0.2, 0) is 9.53 Å². The van der Waals surface area contributed by atoms with Crippen LogP contribution >= 0.6 is 0 Å². The summed E-state index contributed by atoms with van der Waals surface area (Å²) in [7, 11) is 0. The van der Waals surface area contributed by atoms with E-state index in [2.05, 4.69) is 25.5 Å². The summed E-state index contributed by atoms with van der Waals surface area (Å²) in [6.07, 6.45) is 4.97.